The third kappa shape index (κ3) is 3.64. The first-order valence-corrected chi connectivity index (χ1v) is 8.53. The van der Waals surface area contributed by atoms with Crippen molar-refractivity contribution in [3.05, 3.63) is 28.2 Å². The minimum Gasteiger partial charge on any atom is -0.347 e. The van der Waals surface area contributed by atoms with Crippen molar-refractivity contribution in [2.45, 2.75) is 31.6 Å². The molecule has 1 spiro atoms. The fourth-order valence-electron chi connectivity index (χ4n) is 3.04. The van der Waals surface area contributed by atoms with E-state index in [4.69, 9.17) is 32.7 Å². The predicted molar refractivity (Wildman–Crippen MR) is 90.0 cm³/mol. The Morgan fingerprint density at radius 1 is 1.26 bits per heavy atom. The first-order valence-electron chi connectivity index (χ1n) is 7.78. The number of nitrogens with zero attached hydrogens (tertiary/aromatic N) is 1. The van der Waals surface area contributed by atoms with Gasteiger partial charge in [0, 0.05) is 25.9 Å². The summed E-state index contributed by atoms with van der Waals surface area (Å²) in [4.78, 5) is 14.6. The summed E-state index contributed by atoms with van der Waals surface area (Å²) in [6.45, 7) is 4.73. The Balaban J connectivity index is 1.58. The number of ether oxygens (including phenoxy) is 2. The molecular formula is C16H20Cl2N2O3. The van der Waals surface area contributed by atoms with Crippen molar-refractivity contribution >= 4 is 34.8 Å². The maximum Gasteiger partial charge on any atom is 0.241 e. The molecule has 2 aliphatic heterocycles. The van der Waals surface area contributed by atoms with Crippen molar-refractivity contribution in [2.24, 2.45) is 0 Å². The molecule has 0 bridgehead atoms. The van der Waals surface area contributed by atoms with E-state index in [1.54, 1.807) is 18.2 Å². The molecule has 2 aliphatic rings. The van der Waals surface area contributed by atoms with Gasteiger partial charge in [-0.1, -0.05) is 29.3 Å². The molecule has 5 nitrogen and oxygen atoms in total. The van der Waals surface area contributed by atoms with Crippen LogP contribution in [-0.4, -0.2) is 48.9 Å². The minimum atomic E-state index is -0.428. The zero-order valence-corrected chi connectivity index (χ0v) is 14.5. The fourth-order valence-corrected chi connectivity index (χ4v) is 3.39. The van der Waals surface area contributed by atoms with Crippen LogP contribution in [0.3, 0.4) is 0 Å². The van der Waals surface area contributed by atoms with Crippen LogP contribution < -0.4 is 5.32 Å². The van der Waals surface area contributed by atoms with Crippen LogP contribution in [0, 0.1) is 0 Å². The van der Waals surface area contributed by atoms with Gasteiger partial charge in [0.1, 0.15) is 0 Å². The van der Waals surface area contributed by atoms with Gasteiger partial charge in [0.15, 0.2) is 5.79 Å². The van der Waals surface area contributed by atoms with Crippen molar-refractivity contribution in [1.29, 1.82) is 0 Å². The van der Waals surface area contributed by atoms with E-state index in [0.29, 0.717) is 28.9 Å². The Bertz CT molecular complexity index is 581. The molecule has 0 radical (unpaired) electrons. The molecule has 2 saturated heterocycles. The maximum atomic E-state index is 12.5. The summed E-state index contributed by atoms with van der Waals surface area (Å²) in [6.07, 6.45) is 1.56. The van der Waals surface area contributed by atoms with Crippen LogP contribution in [0.5, 0.6) is 0 Å². The summed E-state index contributed by atoms with van der Waals surface area (Å²) in [5.74, 6) is -0.526. The lowest BCUT2D eigenvalue weighted by Crippen LogP contribution is -2.51. The van der Waals surface area contributed by atoms with Crippen LogP contribution in [0.1, 0.15) is 19.8 Å². The lowest BCUT2D eigenvalue weighted by molar-refractivity contribution is -0.187. The van der Waals surface area contributed by atoms with E-state index in [0.717, 1.165) is 25.9 Å². The minimum absolute atomic E-state index is 0.0987. The normalized spacial score (nSPS) is 22.2. The summed E-state index contributed by atoms with van der Waals surface area (Å²) in [5, 5.41) is 3.63. The highest BCUT2D eigenvalue weighted by Crippen LogP contribution is 2.33. The maximum absolute atomic E-state index is 12.5. The van der Waals surface area contributed by atoms with E-state index in [1.807, 2.05) is 6.92 Å². The quantitative estimate of drug-likeness (QED) is 0.901. The molecule has 0 saturated carbocycles. The lowest BCUT2D eigenvalue weighted by atomic mass is 10.0. The number of hydrogen-bond donors (Lipinski definition) is 1. The van der Waals surface area contributed by atoms with Gasteiger partial charge in [0.25, 0.3) is 0 Å². The number of amides is 1. The Morgan fingerprint density at radius 2 is 1.91 bits per heavy atom. The number of rotatable bonds is 3. The van der Waals surface area contributed by atoms with Crippen LogP contribution in [0.4, 0.5) is 5.69 Å². The highest BCUT2D eigenvalue weighted by molar-refractivity contribution is 6.44. The number of likely N-dealkylation sites (tertiary alicyclic amines) is 1. The van der Waals surface area contributed by atoms with Crippen LogP contribution in [0.15, 0.2) is 18.2 Å². The number of nitrogens with one attached hydrogen (secondary N) is 1. The second-order valence-electron chi connectivity index (χ2n) is 5.91. The second-order valence-corrected chi connectivity index (χ2v) is 6.70. The molecule has 1 N–H and O–H groups in total. The number of piperidine rings is 1. The van der Waals surface area contributed by atoms with Crippen molar-refractivity contribution in [1.82, 2.24) is 4.90 Å². The van der Waals surface area contributed by atoms with Crippen LogP contribution in [0.25, 0.3) is 0 Å². The van der Waals surface area contributed by atoms with E-state index >= 15 is 0 Å². The molecule has 2 fully saturated rings. The van der Waals surface area contributed by atoms with Gasteiger partial charge in [-0.3, -0.25) is 9.69 Å². The van der Waals surface area contributed by atoms with E-state index in [2.05, 4.69) is 10.2 Å². The Kier molecular flexibility index (Phi) is 5.13. The zero-order valence-electron chi connectivity index (χ0n) is 13.0. The van der Waals surface area contributed by atoms with E-state index in [9.17, 15) is 4.79 Å². The molecule has 0 aromatic heterocycles. The molecule has 1 aromatic carbocycles. The number of benzene rings is 1. The van der Waals surface area contributed by atoms with Crippen molar-refractivity contribution in [3.8, 4) is 0 Å². The predicted octanol–water partition coefficient (Wildman–Crippen LogP) is 3.16. The average molecular weight is 359 g/mol. The molecule has 126 valence electrons. The third-order valence-electron chi connectivity index (χ3n) is 4.51. The summed E-state index contributed by atoms with van der Waals surface area (Å²) < 4.78 is 11.4. The highest BCUT2D eigenvalue weighted by Gasteiger charge is 2.41. The van der Waals surface area contributed by atoms with E-state index < -0.39 is 5.79 Å². The Labute approximate surface area is 145 Å². The molecular weight excluding hydrogens is 339 g/mol. The largest absolute Gasteiger partial charge is 0.347 e. The Morgan fingerprint density at radius 3 is 2.57 bits per heavy atom. The van der Waals surface area contributed by atoms with Gasteiger partial charge in [-0.2, -0.15) is 0 Å². The molecule has 1 amide bonds. The van der Waals surface area contributed by atoms with Gasteiger partial charge in [-0.25, -0.2) is 0 Å². The molecule has 7 heteroatoms. The molecule has 2 heterocycles. The molecule has 23 heavy (non-hydrogen) atoms. The van der Waals surface area contributed by atoms with Gasteiger partial charge < -0.3 is 14.8 Å². The van der Waals surface area contributed by atoms with Crippen LogP contribution in [-0.2, 0) is 14.3 Å². The number of carbonyl (C=O) groups is 1. The van der Waals surface area contributed by atoms with Gasteiger partial charge in [0.2, 0.25) is 5.91 Å². The third-order valence-corrected chi connectivity index (χ3v) is 5.33. The SMILES string of the molecule is CC(C(=O)Nc1cccc(Cl)c1Cl)N1CCC2(CC1)OCCO2. The van der Waals surface area contributed by atoms with Crippen molar-refractivity contribution in [2.75, 3.05) is 31.6 Å². The van der Waals surface area contributed by atoms with Crippen molar-refractivity contribution < 1.29 is 14.3 Å². The molecule has 1 unspecified atom stereocenters. The fraction of sp³-hybridized carbons (Fsp3) is 0.562. The second kappa shape index (κ2) is 6.95. The molecule has 3 rings (SSSR count). The van der Waals surface area contributed by atoms with Gasteiger partial charge in [-0.15, -0.1) is 0 Å². The first-order chi connectivity index (χ1) is 11.0. The van der Waals surface area contributed by atoms with Gasteiger partial charge in [0.05, 0.1) is 35.0 Å². The van der Waals surface area contributed by atoms with Gasteiger partial charge in [-0.05, 0) is 19.1 Å². The monoisotopic (exact) mass is 358 g/mol. The topological polar surface area (TPSA) is 50.8 Å². The van der Waals surface area contributed by atoms with Crippen LogP contribution in [0.2, 0.25) is 10.0 Å². The number of anilines is 1. The first kappa shape index (κ1) is 17.0. The summed E-state index contributed by atoms with van der Waals surface area (Å²) in [7, 11) is 0. The summed E-state index contributed by atoms with van der Waals surface area (Å²) in [5.41, 5.74) is 0.534. The number of hydrogen-bond acceptors (Lipinski definition) is 4. The highest BCUT2D eigenvalue weighted by atomic mass is 35.5. The van der Waals surface area contributed by atoms with E-state index in [-0.39, 0.29) is 11.9 Å². The average Bonchev–Trinajstić information content (AvgIpc) is 3.00. The smallest absolute Gasteiger partial charge is 0.241 e. The lowest BCUT2D eigenvalue weighted by Gasteiger charge is -2.39. The number of halogens is 2. The number of carbonyl (C=O) groups excluding carboxylic acids is 1. The summed E-state index contributed by atoms with van der Waals surface area (Å²) in [6, 6.07) is 4.93. The molecule has 0 aliphatic carbocycles. The van der Waals surface area contributed by atoms with E-state index in [1.165, 1.54) is 0 Å². The summed E-state index contributed by atoms with van der Waals surface area (Å²) >= 11 is 12.1. The van der Waals surface area contributed by atoms with Gasteiger partial charge >= 0.3 is 0 Å². The van der Waals surface area contributed by atoms with Crippen LogP contribution >= 0.6 is 23.2 Å². The Hall–Kier alpha value is -0.850. The standard InChI is InChI=1S/C16H20Cl2N2O3/c1-11(15(21)19-13-4-2-3-12(17)14(13)18)20-7-5-16(6-8-20)22-9-10-23-16/h2-4,11H,5-10H2,1H3,(H,19,21). The molecule has 1 aromatic rings. The molecule has 1 atom stereocenters. The van der Waals surface area contributed by atoms with Crippen molar-refractivity contribution in [3.63, 3.8) is 0 Å². The zero-order chi connectivity index (χ0) is 16.4.